The number of hydrogen-bond acceptors (Lipinski definition) is 2. The van der Waals surface area contributed by atoms with Gasteiger partial charge in [0.1, 0.15) is 17.9 Å². The molecule has 1 aromatic carbocycles. The summed E-state index contributed by atoms with van der Waals surface area (Å²) in [6, 6.07) is 4.10. The number of anilines is 1. The van der Waals surface area contributed by atoms with Gasteiger partial charge in [0.25, 0.3) is 5.91 Å². The van der Waals surface area contributed by atoms with E-state index >= 15 is 0 Å². The van der Waals surface area contributed by atoms with E-state index in [1.54, 1.807) is 6.92 Å². The van der Waals surface area contributed by atoms with Crippen molar-refractivity contribution in [2.75, 3.05) is 11.4 Å². The Kier molecular flexibility index (Phi) is 3.08. The van der Waals surface area contributed by atoms with Crippen LogP contribution in [-0.4, -0.2) is 23.9 Å². The first-order valence-electron chi connectivity index (χ1n) is 6.50. The minimum atomic E-state index is -0.844. The second kappa shape index (κ2) is 4.55. The van der Waals surface area contributed by atoms with E-state index in [1.165, 1.54) is 23.1 Å². The molecule has 3 rings (SSSR count). The maximum atomic E-state index is 13.2. The molecule has 2 aliphatic rings. The molecule has 1 aliphatic heterocycles. The van der Waals surface area contributed by atoms with Crippen molar-refractivity contribution in [3.8, 4) is 0 Å². The highest BCUT2D eigenvalue weighted by molar-refractivity contribution is 9.10. The second-order valence-electron chi connectivity index (χ2n) is 5.51. The number of rotatable bonds is 2. The largest absolute Gasteiger partial charge is 0.340 e. The normalized spacial score (nSPS) is 26.6. The fourth-order valence-corrected chi connectivity index (χ4v) is 3.28. The van der Waals surface area contributed by atoms with Gasteiger partial charge in [0.15, 0.2) is 0 Å². The van der Waals surface area contributed by atoms with Crippen LogP contribution in [0, 0.1) is 11.7 Å². The molecule has 1 saturated heterocycles. The van der Waals surface area contributed by atoms with Crippen LogP contribution in [0.25, 0.3) is 0 Å². The van der Waals surface area contributed by atoms with E-state index in [0.717, 1.165) is 12.8 Å². The van der Waals surface area contributed by atoms with Crippen molar-refractivity contribution in [3.63, 3.8) is 0 Å². The van der Waals surface area contributed by atoms with Crippen LogP contribution in [0.5, 0.6) is 0 Å². The van der Waals surface area contributed by atoms with Crippen molar-refractivity contribution in [3.05, 3.63) is 28.5 Å². The van der Waals surface area contributed by atoms with Gasteiger partial charge in [-0.15, -0.1) is 0 Å². The van der Waals surface area contributed by atoms with Gasteiger partial charge in [-0.25, -0.2) is 4.39 Å². The fraction of sp³-hybridized carbons (Fsp3) is 0.429. The van der Waals surface area contributed by atoms with E-state index < -0.39 is 5.54 Å². The molecule has 1 heterocycles. The van der Waals surface area contributed by atoms with Crippen LogP contribution in [0.4, 0.5) is 10.1 Å². The third-order valence-electron chi connectivity index (χ3n) is 3.98. The first-order valence-corrected chi connectivity index (χ1v) is 7.29. The van der Waals surface area contributed by atoms with Crippen molar-refractivity contribution in [1.29, 1.82) is 0 Å². The fourth-order valence-electron chi connectivity index (χ4n) is 2.71. The van der Waals surface area contributed by atoms with Crippen LogP contribution < -0.4 is 10.2 Å². The van der Waals surface area contributed by atoms with Gasteiger partial charge in [0.05, 0.1) is 5.69 Å². The van der Waals surface area contributed by atoms with Crippen molar-refractivity contribution in [1.82, 2.24) is 5.32 Å². The average Bonchev–Trinajstić information content (AvgIpc) is 3.18. The molecular weight excluding hydrogens is 327 g/mol. The molecule has 0 bridgehead atoms. The maximum Gasteiger partial charge on any atom is 0.253 e. The summed E-state index contributed by atoms with van der Waals surface area (Å²) in [5, 5.41) is 2.82. The molecule has 1 aromatic rings. The summed E-state index contributed by atoms with van der Waals surface area (Å²) in [5.74, 6) is -0.511. The quantitative estimate of drug-likeness (QED) is 0.897. The number of halogens is 2. The van der Waals surface area contributed by atoms with Crippen molar-refractivity contribution in [2.24, 2.45) is 5.92 Å². The summed E-state index contributed by atoms with van der Waals surface area (Å²) in [7, 11) is 0. The van der Waals surface area contributed by atoms with Crippen LogP contribution in [0.15, 0.2) is 22.7 Å². The molecular formula is C14H14BrFN2O2. The first kappa shape index (κ1) is 13.5. The number of amides is 2. The van der Waals surface area contributed by atoms with E-state index in [-0.39, 0.29) is 30.1 Å². The zero-order valence-corrected chi connectivity index (χ0v) is 12.5. The SMILES string of the molecule is CC1(C2CC2)NC(=O)CN(c2ccc(F)cc2Br)C1=O. The monoisotopic (exact) mass is 340 g/mol. The van der Waals surface area contributed by atoms with Gasteiger partial charge in [-0.3, -0.25) is 14.5 Å². The Morgan fingerprint density at radius 2 is 2.10 bits per heavy atom. The molecule has 2 amide bonds. The van der Waals surface area contributed by atoms with E-state index in [0.29, 0.717) is 10.2 Å². The highest BCUT2D eigenvalue weighted by atomic mass is 79.9. The Labute approximate surface area is 124 Å². The summed E-state index contributed by atoms with van der Waals surface area (Å²) in [6.45, 7) is 1.74. The molecule has 1 aliphatic carbocycles. The van der Waals surface area contributed by atoms with Gasteiger partial charge in [-0.2, -0.15) is 0 Å². The molecule has 1 unspecified atom stereocenters. The molecule has 0 spiro atoms. The van der Waals surface area contributed by atoms with Gasteiger partial charge in [0, 0.05) is 4.47 Å². The summed E-state index contributed by atoms with van der Waals surface area (Å²) in [4.78, 5) is 26.1. The van der Waals surface area contributed by atoms with E-state index in [9.17, 15) is 14.0 Å². The zero-order chi connectivity index (χ0) is 14.5. The van der Waals surface area contributed by atoms with Crippen LogP contribution in [-0.2, 0) is 9.59 Å². The Balaban J connectivity index is 1.99. The van der Waals surface area contributed by atoms with Gasteiger partial charge < -0.3 is 5.32 Å². The van der Waals surface area contributed by atoms with Crippen LogP contribution in [0.1, 0.15) is 19.8 Å². The van der Waals surface area contributed by atoms with Crippen molar-refractivity contribution < 1.29 is 14.0 Å². The van der Waals surface area contributed by atoms with E-state index in [1.807, 2.05) is 0 Å². The minimum absolute atomic E-state index is 0.0363. The number of piperazine rings is 1. The lowest BCUT2D eigenvalue weighted by atomic mass is 9.91. The number of benzene rings is 1. The van der Waals surface area contributed by atoms with Gasteiger partial charge in [-0.05, 0) is 59.8 Å². The standard InChI is InChI=1S/C14H14BrFN2O2/c1-14(8-2-3-8)13(20)18(7-12(19)17-14)11-5-4-9(16)6-10(11)15/h4-6,8H,2-3,7H2,1H3,(H,17,19). The molecule has 2 fully saturated rings. The van der Waals surface area contributed by atoms with Gasteiger partial charge in [0.2, 0.25) is 5.91 Å². The molecule has 0 radical (unpaired) electrons. The Morgan fingerprint density at radius 3 is 2.70 bits per heavy atom. The molecule has 6 heteroatoms. The van der Waals surface area contributed by atoms with Crippen LogP contribution in [0.2, 0.25) is 0 Å². The van der Waals surface area contributed by atoms with Crippen molar-refractivity contribution in [2.45, 2.75) is 25.3 Å². The molecule has 106 valence electrons. The molecule has 4 nitrogen and oxygen atoms in total. The lowest BCUT2D eigenvalue weighted by Gasteiger charge is -2.40. The molecule has 1 N–H and O–H groups in total. The summed E-state index contributed by atoms with van der Waals surface area (Å²) < 4.78 is 13.6. The Bertz CT molecular complexity index is 603. The predicted octanol–water partition coefficient (Wildman–Crippen LogP) is 2.22. The number of carbonyl (C=O) groups is 2. The Morgan fingerprint density at radius 1 is 1.40 bits per heavy atom. The number of nitrogens with one attached hydrogen (secondary N) is 1. The van der Waals surface area contributed by atoms with Crippen LogP contribution >= 0.6 is 15.9 Å². The Hall–Kier alpha value is -1.43. The summed E-state index contributed by atoms with van der Waals surface area (Å²) >= 11 is 3.25. The molecule has 0 aromatic heterocycles. The molecule has 1 saturated carbocycles. The number of nitrogens with zero attached hydrogens (tertiary/aromatic N) is 1. The van der Waals surface area contributed by atoms with E-state index in [4.69, 9.17) is 0 Å². The highest BCUT2D eigenvalue weighted by Gasteiger charge is 2.53. The third kappa shape index (κ3) is 2.12. The first-order chi connectivity index (χ1) is 9.41. The predicted molar refractivity (Wildman–Crippen MR) is 75.7 cm³/mol. The molecule has 1 atom stereocenters. The number of carbonyl (C=O) groups excluding carboxylic acids is 2. The topological polar surface area (TPSA) is 49.4 Å². The maximum absolute atomic E-state index is 13.2. The lowest BCUT2D eigenvalue weighted by molar-refractivity contribution is -0.136. The van der Waals surface area contributed by atoms with Crippen molar-refractivity contribution >= 4 is 33.4 Å². The van der Waals surface area contributed by atoms with E-state index in [2.05, 4.69) is 21.2 Å². The lowest BCUT2D eigenvalue weighted by Crippen LogP contribution is -2.66. The smallest absolute Gasteiger partial charge is 0.253 e. The summed E-state index contributed by atoms with van der Waals surface area (Å²) in [6.07, 6.45) is 1.89. The molecule has 20 heavy (non-hydrogen) atoms. The van der Waals surface area contributed by atoms with Gasteiger partial charge >= 0.3 is 0 Å². The number of hydrogen-bond donors (Lipinski definition) is 1. The van der Waals surface area contributed by atoms with Crippen LogP contribution in [0.3, 0.4) is 0 Å². The minimum Gasteiger partial charge on any atom is -0.340 e. The van der Waals surface area contributed by atoms with Gasteiger partial charge in [-0.1, -0.05) is 0 Å². The third-order valence-corrected chi connectivity index (χ3v) is 4.62. The summed E-state index contributed by atoms with van der Waals surface area (Å²) in [5.41, 5.74) is -0.318. The second-order valence-corrected chi connectivity index (χ2v) is 6.37. The average molecular weight is 341 g/mol. The highest BCUT2D eigenvalue weighted by Crippen LogP contribution is 2.42. The zero-order valence-electron chi connectivity index (χ0n) is 11.0.